The maximum Gasteiger partial charge on any atom is 0.224 e. The van der Waals surface area contributed by atoms with E-state index in [9.17, 15) is 0 Å². The number of aromatic nitrogens is 10. The lowest BCUT2D eigenvalue weighted by Gasteiger charge is -1.99. The Balaban J connectivity index is 0.000000130. The van der Waals surface area contributed by atoms with Crippen molar-refractivity contribution in [3.8, 4) is 5.82 Å². The van der Waals surface area contributed by atoms with E-state index >= 15 is 0 Å². The molecule has 0 radical (unpaired) electrons. The van der Waals surface area contributed by atoms with Gasteiger partial charge in [0, 0.05) is 31.7 Å². The number of H-pyrrole nitrogens is 1. The average molecular weight is 572 g/mol. The Kier molecular flexibility index (Phi) is 10.2. The number of hydrogen-bond donors (Lipinski definition) is 1. The Labute approximate surface area is 232 Å². The minimum absolute atomic E-state index is 0.178. The highest BCUT2D eigenvalue weighted by Gasteiger charge is 2.07. The van der Waals surface area contributed by atoms with E-state index in [1.165, 1.54) is 19.0 Å². The number of halogens is 3. The molecule has 0 atom stereocenters. The van der Waals surface area contributed by atoms with Gasteiger partial charge in [-0.25, -0.2) is 15.0 Å². The minimum Gasteiger partial charge on any atom is -0.381 e. The second-order valence-electron chi connectivity index (χ2n) is 7.45. The molecular formula is C24H21Cl3N10O. The summed E-state index contributed by atoms with van der Waals surface area (Å²) >= 11 is 16.5. The molecule has 0 aliphatic carbocycles. The van der Waals surface area contributed by atoms with Gasteiger partial charge in [0.05, 0.1) is 5.52 Å². The first-order chi connectivity index (χ1) is 18.6. The van der Waals surface area contributed by atoms with Crippen LogP contribution in [0.25, 0.3) is 27.9 Å². The highest BCUT2D eigenvalue weighted by Crippen LogP contribution is 2.14. The molecule has 2 aromatic carbocycles. The number of nitrogens with one attached hydrogen (secondary N) is 1. The third-order valence-electron chi connectivity index (χ3n) is 4.82. The normalized spacial score (nSPS) is 12.1. The van der Waals surface area contributed by atoms with Crippen LogP contribution in [0.1, 0.15) is 12.8 Å². The molecule has 14 heteroatoms. The molecule has 7 rings (SSSR count). The molecule has 194 valence electrons. The van der Waals surface area contributed by atoms with Crippen molar-refractivity contribution in [2.45, 2.75) is 12.8 Å². The van der Waals surface area contributed by atoms with Crippen molar-refractivity contribution in [3.05, 3.63) is 88.8 Å². The fraction of sp³-hybridized carbons (Fsp3) is 0.167. The summed E-state index contributed by atoms with van der Waals surface area (Å²) in [4.78, 5) is 15.1. The third kappa shape index (κ3) is 8.12. The summed E-state index contributed by atoms with van der Waals surface area (Å²) in [6, 6.07) is 18.6. The molecule has 1 saturated heterocycles. The molecular weight excluding hydrogens is 551 g/mol. The van der Waals surface area contributed by atoms with Crippen LogP contribution in [-0.2, 0) is 4.74 Å². The molecule has 6 aromatic rings. The van der Waals surface area contributed by atoms with Gasteiger partial charge >= 0.3 is 0 Å². The van der Waals surface area contributed by atoms with Gasteiger partial charge in [0.15, 0.2) is 5.82 Å². The van der Waals surface area contributed by atoms with Gasteiger partial charge in [-0.3, -0.25) is 0 Å². The monoisotopic (exact) mass is 570 g/mol. The van der Waals surface area contributed by atoms with Crippen LogP contribution in [0.3, 0.4) is 0 Å². The Morgan fingerprint density at radius 2 is 1.32 bits per heavy atom. The lowest BCUT2D eigenvalue weighted by molar-refractivity contribution is 0.198. The van der Waals surface area contributed by atoms with E-state index in [1.807, 2.05) is 48.5 Å². The number of nitrogens with zero attached hydrogens (tertiary/aromatic N) is 9. The van der Waals surface area contributed by atoms with Gasteiger partial charge in [0.1, 0.15) is 21.7 Å². The molecule has 0 bridgehead atoms. The third-order valence-corrected chi connectivity index (χ3v) is 5.40. The van der Waals surface area contributed by atoms with Gasteiger partial charge < -0.3 is 4.74 Å². The maximum atomic E-state index is 5.73. The summed E-state index contributed by atoms with van der Waals surface area (Å²) in [5, 5.41) is 19.1. The van der Waals surface area contributed by atoms with E-state index in [0.717, 1.165) is 35.3 Å². The van der Waals surface area contributed by atoms with Crippen LogP contribution >= 0.6 is 34.8 Å². The van der Waals surface area contributed by atoms with Gasteiger partial charge in [-0.1, -0.05) is 41.1 Å². The molecule has 0 saturated carbocycles. The van der Waals surface area contributed by atoms with E-state index in [-0.39, 0.29) is 10.6 Å². The summed E-state index contributed by atoms with van der Waals surface area (Å²) in [5.41, 5.74) is 3.53. The molecule has 0 spiro atoms. The lowest BCUT2D eigenvalue weighted by atomic mass is 10.3. The zero-order valence-electron chi connectivity index (χ0n) is 19.8. The molecule has 0 unspecified atom stereocenters. The van der Waals surface area contributed by atoms with Crippen molar-refractivity contribution in [2.24, 2.45) is 0 Å². The van der Waals surface area contributed by atoms with Crippen molar-refractivity contribution in [1.29, 1.82) is 0 Å². The number of aromatic amines is 1. The first kappa shape index (κ1) is 27.3. The summed E-state index contributed by atoms with van der Waals surface area (Å²) in [6.45, 7) is 2.00. The van der Waals surface area contributed by atoms with Crippen LogP contribution in [0.15, 0.2) is 73.1 Å². The molecule has 5 heterocycles. The van der Waals surface area contributed by atoms with Crippen LogP contribution < -0.4 is 0 Å². The number of benzene rings is 2. The zero-order chi connectivity index (χ0) is 26.6. The second kappa shape index (κ2) is 14.2. The van der Waals surface area contributed by atoms with Crippen molar-refractivity contribution in [3.63, 3.8) is 0 Å². The van der Waals surface area contributed by atoms with Crippen LogP contribution in [0.2, 0.25) is 15.7 Å². The van der Waals surface area contributed by atoms with E-state index < -0.39 is 0 Å². The van der Waals surface area contributed by atoms with Crippen molar-refractivity contribution < 1.29 is 4.74 Å². The molecule has 4 aromatic heterocycles. The molecule has 1 aliphatic rings. The van der Waals surface area contributed by atoms with Crippen LogP contribution in [-0.4, -0.2) is 63.6 Å². The average Bonchev–Trinajstić information content (AvgIpc) is 3.72. The minimum atomic E-state index is 0.178. The van der Waals surface area contributed by atoms with Crippen LogP contribution in [0, 0.1) is 0 Å². The first-order valence-corrected chi connectivity index (χ1v) is 12.5. The predicted molar refractivity (Wildman–Crippen MR) is 145 cm³/mol. The quantitative estimate of drug-likeness (QED) is 0.203. The van der Waals surface area contributed by atoms with Crippen LogP contribution in [0.4, 0.5) is 0 Å². The van der Waals surface area contributed by atoms with E-state index in [0.29, 0.717) is 11.0 Å². The van der Waals surface area contributed by atoms with Gasteiger partial charge in [-0.2, -0.15) is 25.1 Å². The fourth-order valence-corrected chi connectivity index (χ4v) is 3.56. The standard InChI is InChI=1S/C10H6ClN5.C6H5N3.C4H2Cl2N2.C4H8O/c11-10-12-6-5-9(13-10)16-8-4-2-1-3-7(8)14-15-16;1-2-4-6-5(3-1)7-9-8-6;5-3-1-2-7-4(6)8-3;1-2-4-5-3-1/h1-6H;1-4H,(H,7,8,9);1-2H;1-4H2. The highest BCUT2D eigenvalue weighted by atomic mass is 35.5. The highest BCUT2D eigenvalue weighted by molar-refractivity contribution is 6.31. The molecule has 1 fully saturated rings. The van der Waals surface area contributed by atoms with E-state index in [2.05, 4.69) is 45.7 Å². The number of fused-ring (bicyclic) bond motifs is 2. The van der Waals surface area contributed by atoms with E-state index in [4.69, 9.17) is 39.5 Å². The summed E-state index contributed by atoms with van der Waals surface area (Å²) in [5.74, 6) is 0.605. The predicted octanol–water partition coefficient (Wildman–Crippen LogP) is 5.40. The molecule has 1 N–H and O–H groups in total. The Morgan fingerprint density at radius 1 is 0.711 bits per heavy atom. The Morgan fingerprint density at radius 3 is 1.87 bits per heavy atom. The molecule has 11 nitrogen and oxygen atoms in total. The van der Waals surface area contributed by atoms with Crippen molar-refractivity contribution in [1.82, 2.24) is 50.3 Å². The largest absolute Gasteiger partial charge is 0.381 e. The summed E-state index contributed by atoms with van der Waals surface area (Å²) in [7, 11) is 0. The Hall–Kier alpha value is -3.77. The lowest BCUT2D eigenvalue weighted by Crippen LogP contribution is -2.00. The topological polar surface area (TPSA) is 133 Å². The number of para-hydroxylation sites is 3. The molecule has 1 aliphatic heterocycles. The first-order valence-electron chi connectivity index (χ1n) is 11.4. The summed E-state index contributed by atoms with van der Waals surface area (Å²) < 4.78 is 6.57. The SMILES string of the molecule is C1CCOC1.Clc1ccnc(Cl)n1.Clc1nccc(-n2nnc3ccccc32)n1.c1ccc2n[nH]nc2c1. The maximum absolute atomic E-state index is 5.73. The van der Waals surface area contributed by atoms with Gasteiger partial charge in [-0.15, -0.1) is 5.10 Å². The van der Waals surface area contributed by atoms with Gasteiger partial charge in [0.25, 0.3) is 0 Å². The second-order valence-corrected chi connectivity index (χ2v) is 8.52. The van der Waals surface area contributed by atoms with Crippen molar-refractivity contribution in [2.75, 3.05) is 13.2 Å². The fourth-order valence-electron chi connectivity index (χ4n) is 3.09. The number of hydrogen-bond acceptors (Lipinski definition) is 9. The van der Waals surface area contributed by atoms with Gasteiger partial charge in [0.2, 0.25) is 10.6 Å². The Bertz CT molecular complexity index is 1520. The number of ether oxygens (including phenoxy) is 1. The molecule has 38 heavy (non-hydrogen) atoms. The number of rotatable bonds is 1. The summed E-state index contributed by atoms with van der Waals surface area (Å²) in [6.07, 6.45) is 5.64. The smallest absolute Gasteiger partial charge is 0.224 e. The molecule has 0 amide bonds. The van der Waals surface area contributed by atoms with E-state index in [1.54, 1.807) is 23.0 Å². The van der Waals surface area contributed by atoms with Gasteiger partial charge in [-0.05, 0) is 66.4 Å². The van der Waals surface area contributed by atoms with Crippen LogP contribution in [0.5, 0.6) is 0 Å². The zero-order valence-corrected chi connectivity index (χ0v) is 22.1. The van der Waals surface area contributed by atoms with Crippen molar-refractivity contribution >= 4 is 56.9 Å².